The van der Waals surface area contributed by atoms with E-state index in [-0.39, 0.29) is 0 Å². The van der Waals surface area contributed by atoms with E-state index >= 15 is 0 Å². The average molecular weight is 540 g/mol. The Morgan fingerprint density at radius 2 is 1.94 bits per heavy atom. The Hall–Kier alpha value is -2.88. The molecule has 0 fully saturated rings. The Balaban J connectivity index is 1.65. The van der Waals surface area contributed by atoms with Gasteiger partial charge in [-0.05, 0) is 36.5 Å². The summed E-state index contributed by atoms with van der Waals surface area (Å²) in [5.74, 6) is 2.94. The number of alkyl halides is 1. The number of nitrogens with zero attached hydrogens (tertiary/aromatic N) is 4. The standard InChI is InChI=1S/C24H25IN6O/c1-14-11-12-17-21(19(14)25)28-23(26)31(17)24-29-20-16(9-6-10-18(20)32-2)22(30-24)27-13-15-7-4-3-5-8-15/h3-10,14,19H,11-13H2,1-2H3,(H2,26,28)(H,27,29,30). The lowest BCUT2D eigenvalue weighted by Crippen LogP contribution is -2.17. The number of halogens is 1. The molecule has 2 aromatic heterocycles. The van der Waals surface area contributed by atoms with Crippen molar-refractivity contribution in [2.24, 2.45) is 5.92 Å². The highest BCUT2D eigenvalue weighted by molar-refractivity contribution is 14.1. The van der Waals surface area contributed by atoms with Crippen LogP contribution in [-0.2, 0) is 13.0 Å². The molecule has 32 heavy (non-hydrogen) atoms. The van der Waals surface area contributed by atoms with Crippen molar-refractivity contribution < 1.29 is 4.74 Å². The summed E-state index contributed by atoms with van der Waals surface area (Å²) in [6, 6.07) is 16.1. The zero-order valence-electron chi connectivity index (χ0n) is 18.0. The molecule has 0 bridgehead atoms. The van der Waals surface area contributed by atoms with Crippen molar-refractivity contribution in [2.75, 3.05) is 18.2 Å². The number of para-hydroxylation sites is 1. The largest absolute Gasteiger partial charge is 0.494 e. The predicted molar refractivity (Wildman–Crippen MR) is 136 cm³/mol. The smallest absolute Gasteiger partial charge is 0.239 e. The second kappa shape index (κ2) is 8.57. The van der Waals surface area contributed by atoms with E-state index in [2.05, 4.69) is 47.0 Å². The molecule has 0 saturated carbocycles. The molecule has 0 spiro atoms. The van der Waals surface area contributed by atoms with Crippen LogP contribution in [0, 0.1) is 5.92 Å². The third-order valence-corrected chi connectivity index (χ3v) is 7.85. The van der Waals surface area contributed by atoms with Crippen molar-refractivity contribution in [1.82, 2.24) is 19.5 Å². The first-order valence-electron chi connectivity index (χ1n) is 10.7. The van der Waals surface area contributed by atoms with Gasteiger partial charge in [-0.2, -0.15) is 4.98 Å². The summed E-state index contributed by atoms with van der Waals surface area (Å²) in [5.41, 5.74) is 10.5. The van der Waals surface area contributed by atoms with Crippen molar-refractivity contribution in [3.05, 3.63) is 65.5 Å². The van der Waals surface area contributed by atoms with E-state index in [1.54, 1.807) is 7.11 Å². The number of methoxy groups -OCH3 is 1. The zero-order chi connectivity index (χ0) is 22.2. The van der Waals surface area contributed by atoms with Crippen molar-refractivity contribution in [3.63, 3.8) is 0 Å². The normalized spacial score (nSPS) is 17.8. The third-order valence-electron chi connectivity index (χ3n) is 6.03. The fourth-order valence-corrected chi connectivity index (χ4v) is 5.11. The maximum Gasteiger partial charge on any atom is 0.239 e. The number of rotatable bonds is 5. The molecule has 5 rings (SSSR count). The molecule has 3 N–H and O–H groups in total. The highest BCUT2D eigenvalue weighted by atomic mass is 127. The fourth-order valence-electron chi connectivity index (χ4n) is 4.25. The van der Waals surface area contributed by atoms with Gasteiger partial charge in [-0.3, -0.25) is 4.57 Å². The fraction of sp³-hybridized carbons (Fsp3) is 0.292. The highest BCUT2D eigenvalue weighted by Crippen LogP contribution is 2.42. The van der Waals surface area contributed by atoms with Gasteiger partial charge in [0.2, 0.25) is 11.9 Å². The number of ether oxygens (including phenoxy) is 1. The van der Waals surface area contributed by atoms with Crippen LogP contribution in [0.5, 0.6) is 5.75 Å². The van der Waals surface area contributed by atoms with Gasteiger partial charge < -0.3 is 15.8 Å². The lowest BCUT2D eigenvalue weighted by molar-refractivity contribution is 0.419. The van der Waals surface area contributed by atoms with Gasteiger partial charge in [0, 0.05) is 11.9 Å². The maximum atomic E-state index is 6.41. The first-order valence-corrected chi connectivity index (χ1v) is 12.0. The molecule has 0 aliphatic heterocycles. The zero-order valence-corrected chi connectivity index (χ0v) is 20.2. The molecule has 0 radical (unpaired) electrons. The van der Waals surface area contributed by atoms with Crippen molar-refractivity contribution in [2.45, 2.75) is 30.2 Å². The third kappa shape index (κ3) is 3.66. The predicted octanol–water partition coefficient (Wildman–Crippen LogP) is 5.08. The number of hydrogen-bond donors (Lipinski definition) is 2. The first-order chi connectivity index (χ1) is 15.6. The van der Waals surface area contributed by atoms with Gasteiger partial charge in [0.15, 0.2) is 0 Å². The number of nitrogen functional groups attached to an aromatic ring is 1. The van der Waals surface area contributed by atoms with Crippen LogP contribution in [0.2, 0.25) is 0 Å². The van der Waals surface area contributed by atoms with Gasteiger partial charge in [-0.25, -0.2) is 9.97 Å². The summed E-state index contributed by atoms with van der Waals surface area (Å²) >= 11 is 2.47. The lowest BCUT2D eigenvalue weighted by Gasteiger charge is -2.24. The molecule has 1 aliphatic rings. The second-order valence-electron chi connectivity index (χ2n) is 8.12. The molecular weight excluding hydrogens is 515 g/mol. The van der Waals surface area contributed by atoms with Crippen LogP contribution in [-0.4, -0.2) is 26.6 Å². The number of nitrogens with one attached hydrogen (secondary N) is 1. The summed E-state index contributed by atoms with van der Waals surface area (Å²) < 4.78 is 7.85. The van der Waals surface area contributed by atoms with Gasteiger partial charge >= 0.3 is 0 Å². The molecule has 1 aliphatic carbocycles. The SMILES string of the molecule is COc1cccc2c(NCc3ccccc3)nc(-n3c(N)nc4c3CCC(C)C4I)nc12. The van der Waals surface area contributed by atoms with E-state index in [1.807, 2.05) is 41.0 Å². The van der Waals surface area contributed by atoms with Crippen LogP contribution in [0.4, 0.5) is 11.8 Å². The number of fused-ring (bicyclic) bond motifs is 2. The van der Waals surface area contributed by atoms with Crippen LogP contribution < -0.4 is 15.8 Å². The van der Waals surface area contributed by atoms with E-state index in [4.69, 9.17) is 25.4 Å². The minimum atomic E-state index is 0.325. The van der Waals surface area contributed by atoms with E-state index in [0.717, 1.165) is 41.0 Å². The van der Waals surface area contributed by atoms with E-state index in [1.165, 1.54) is 5.56 Å². The van der Waals surface area contributed by atoms with Crippen LogP contribution in [0.1, 0.15) is 34.2 Å². The lowest BCUT2D eigenvalue weighted by atomic mass is 9.91. The topological polar surface area (TPSA) is 90.9 Å². The molecule has 2 atom stereocenters. The Kier molecular flexibility index (Phi) is 5.62. The first kappa shape index (κ1) is 21.0. The molecule has 8 heteroatoms. The van der Waals surface area contributed by atoms with Crippen LogP contribution >= 0.6 is 22.6 Å². The number of hydrogen-bond acceptors (Lipinski definition) is 6. The molecule has 0 saturated heterocycles. The Bertz CT molecular complexity index is 1270. The summed E-state index contributed by atoms with van der Waals surface area (Å²) in [5, 5.41) is 4.39. The summed E-state index contributed by atoms with van der Waals surface area (Å²) in [6.07, 6.45) is 1.99. The van der Waals surface area contributed by atoms with Crippen molar-refractivity contribution in [3.8, 4) is 11.7 Å². The van der Waals surface area contributed by atoms with Crippen LogP contribution in [0.15, 0.2) is 48.5 Å². The van der Waals surface area contributed by atoms with Crippen molar-refractivity contribution >= 4 is 45.3 Å². The van der Waals surface area contributed by atoms with E-state index in [0.29, 0.717) is 34.0 Å². The minimum Gasteiger partial charge on any atom is -0.494 e. The average Bonchev–Trinajstić information content (AvgIpc) is 3.16. The molecule has 2 aromatic carbocycles. The number of anilines is 2. The quantitative estimate of drug-likeness (QED) is 0.271. The van der Waals surface area contributed by atoms with Gasteiger partial charge in [0.1, 0.15) is 17.1 Å². The van der Waals surface area contributed by atoms with Gasteiger partial charge in [-0.15, -0.1) is 0 Å². The summed E-state index contributed by atoms with van der Waals surface area (Å²) in [7, 11) is 1.66. The molecule has 0 amide bonds. The highest BCUT2D eigenvalue weighted by Gasteiger charge is 2.31. The molecule has 4 aromatic rings. The summed E-state index contributed by atoms with van der Waals surface area (Å²) in [4.78, 5) is 14.5. The second-order valence-corrected chi connectivity index (χ2v) is 9.46. The van der Waals surface area contributed by atoms with Crippen molar-refractivity contribution in [1.29, 1.82) is 0 Å². The summed E-state index contributed by atoms with van der Waals surface area (Å²) in [6.45, 7) is 2.91. The van der Waals surface area contributed by atoms with Crippen LogP contribution in [0.25, 0.3) is 16.9 Å². The molecule has 2 unspecified atom stereocenters. The number of imidazole rings is 1. The number of aromatic nitrogens is 4. The Labute approximate surface area is 200 Å². The number of benzene rings is 2. The maximum absolute atomic E-state index is 6.41. The monoisotopic (exact) mass is 540 g/mol. The van der Waals surface area contributed by atoms with Gasteiger partial charge in [0.05, 0.1) is 22.4 Å². The Morgan fingerprint density at radius 1 is 1.12 bits per heavy atom. The van der Waals surface area contributed by atoms with Gasteiger partial charge in [-0.1, -0.05) is 65.9 Å². The van der Waals surface area contributed by atoms with Crippen LogP contribution in [0.3, 0.4) is 0 Å². The van der Waals surface area contributed by atoms with Gasteiger partial charge in [0.25, 0.3) is 0 Å². The molecule has 164 valence electrons. The molecule has 2 heterocycles. The molecule has 7 nitrogen and oxygen atoms in total. The van der Waals surface area contributed by atoms with E-state index in [9.17, 15) is 0 Å². The number of nitrogens with two attached hydrogens (primary N) is 1. The Morgan fingerprint density at radius 3 is 2.72 bits per heavy atom. The molecular formula is C24H25IN6O. The minimum absolute atomic E-state index is 0.325. The van der Waals surface area contributed by atoms with E-state index < -0.39 is 0 Å².